The zero-order valence-corrected chi connectivity index (χ0v) is 14.7. The molecule has 1 aromatic rings. The molecule has 0 bridgehead atoms. The van der Waals surface area contributed by atoms with Gasteiger partial charge >= 0.3 is 0 Å². The summed E-state index contributed by atoms with van der Waals surface area (Å²) >= 11 is 0. The number of likely N-dealkylation sites (tertiary alicyclic amines) is 1. The lowest BCUT2D eigenvalue weighted by molar-refractivity contribution is 0.0529. The Morgan fingerprint density at radius 3 is 2.71 bits per heavy atom. The predicted molar refractivity (Wildman–Crippen MR) is 97.2 cm³/mol. The number of guanidine groups is 1. The van der Waals surface area contributed by atoms with Gasteiger partial charge in [0.1, 0.15) is 5.82 Å². The molecule has 1 atom stereocenters. The van der Waals surface area contributed by atoms with Crippen molar-refractivity contribution in [2.24, 2.45) is 10.7 Å². The molecule has 0 saturated carbocycles. The average molecular weight is 331 g/mol. The normalized spacial score (nSPS) is 23.2. The van der Waals surface area contributed by atoms with Crippen molar-refractivity contribution in [3.05, 3.63) is 23.9 Å². The van der Waals surface area contributed by atoms with Gasteiger partial charge in [0.25, 0.3) is 0 Å². The molecule has 6 nitrogen and oxygen atoms in total. The smallest absolute Gasteiger partial charge is 0.191 e. The minimum absolute atomic E-state index is 0.262. The van der Waals surface area contributed by atoms with Gasteiger partial charge in [-0.3, -0.25) is 0 Å². The van der Waals surface area contributed by atoms with Crippen LogP contribution in [-0.4, -0.2) is 54.7 Å². The highest BCUT2D eigenvalue weighted by molar-refractivity contribution is 5.78. The first-order valence-corrected chi connectivity index (χ1v) is 9.09. The fourth-order valence-electron chi connectivity index (χ4n) is 3.30. The number of aliphatic imine (C=N–C) groups is 1. The van der Waals surface area contributed by atoms with Crippen LogP contribution in [0.15, 0.2) is 23.3 Å². The SMILES string of the molecule is CC1CN(c2ccc(CN=C(N)N3CCCCCC3)cn2)CCO1. The van der Waals surface area contributed by atoms with Gasteiger partial charge in [-0.25, -0.2) is 9.98 Å². The van der Waals surface area contributed by atoms with Crippen LogP contribution in [0, 0.1) is 0 Å². The summed E-state index contributed by atoms with van der Waals surface area (Å²) < 4.78 is 5.58. The molecule has 3 heterocycles. The number of hydrogen-bond acceptors (Lipinski definition) is 4. The van der Waals surface area contributed by atoms with Gasteiger partial charge in [0.15, 0.2) is 5.96 Å². The maximum absolute atomic E-state index is 6.16. The molecule has 0 radical (unpaired) electrons. The van der Waals surface area contributed by atoms with Crippen molar-refractivity contribution in [3.8, 4) is 0 Å². The molecule has 132 valence electrons. The van der Waals surface area contributed by atoms with Crippen LogP contribution in [0.25, 0.3) is 0 Å². The van der Waals surface area contributed by atoms with Gasteiger partial charge in [0.05, 0.1) is 19.3 Å². The Morgan fingerprint density at radius 1 is 1.25 bits per heavy atom. The van der Waals surface area contributed by atoms with E-state index in [1.54, 1.807) is 0 Å². The Hall–Kier alpha value is -1.82. The molecule has 0 spiro atoms. The minimum atomic E-state index is 0.262. The Balaban J connectivity index is 1.56. The standard InChI is InChI=1S/C18H29N5O/c1-15-14-23(10-11-24-15)17-7-6-16(12-20-17)13-21-18(19)22-8-4-2-3-5-9-22/h6-7,12,15H,2-5,8-11,13-14H2,1H3,(H2,19,21). The third kappa shape index (κ3) is 4.60. The first kappa shape index (κ1) is 17.0. The monoisotopic (exact) mass is 331 g/mol. The summed E-state index contributed by atoms with van der Waals surface area (Å²) in [6, 6.07) is 4.17. The van der Waals surface area contributed by atoms with E-state index in [2.05, 4.69) is 38.8 Å². The molecule has 2 saturated heterocycles. The Bertz CT molecular complexity index is 537. The molecular formula is C18H29N5O. The topological polar surface area (TPSA) is 67.0 Å². The Morgan fingerprint density at radius 2 is 2.04 bits per heavy atom. The number of ether oxygens (including phenoxy) is 1. The summed E-state index contributed by atoms with van der Waals surface area (Å²) in [7, 11) is 0. The van der Waals surface area contributed by atoms with Crippen LogP contribution in [-0.2, 0) is 11.3 Å². The van der Waals surface area contributed by atoms with E-state index >= 15 is 0 Å². The summed E-state index contributed by atoms with van der Waals surface area (Å²) in [5.41, 5.74) is 7.26. The lowest BCUT2D eigenvalue weighted by atomic mass is 10.2. The fourth-order valence-corrected chi connectivity index (χ4v) is 3.30. The van der Waals surface area contributed by atoms with Gasteiger partial charge < -0.3 is 20.3 Å². The van der Waals surface area contributed by atoms with E-state index in [0.717, 1.165) is 44.2 Å². The van der Waals surface area contributed by atoms with E-state index in [4.69, 9.17) is 10.5 Å². The zero-order chi connectivity index (χ0) is 16.8. The van der Waals surface area contributed by atoms with Crippen molar-refractivity contribution in [2.75, 3.05) is 37.7 Å². The van der Waals surface area contributed by atoms with E-state index < -0.39 is 0 Å². The number of pyridine rings is 1. The zero-order valence-electron chi connectivity index (χ0n) is 14.7. The summed E-state index contributed by atoms with van der Waals surface area (Å²) in [5.74, 6) is 1.68. The number of morpholine rings is 1. The maximum atomic E-state index is 6.16. The summed E-state index contributed by atoms with van der Waals surface area (Å²) in [6.45, 7) is 7.31. The third-order valence-corrected chi connectivity index (χ3v) is 4.73. The van der Waals surface area contributed by atoms with Crippen molar-refractivity contribution >= 4 is 11.8 Å². The van der Waals surface area contributed by atoms with E-state index in [0.29, 0.717) is 12.5 Å². The van der Waals surface area contributed by atoms with Gasteiger partial charge in [-0.05, 0) is 31.4 Å². The van der Waals surface area contributed by atoms with Crippen LogP contribution in [0.4, 0.5) is 5.82 Å². The van der Waals surface area contributed by atoms with Crippen LogP contribution in [0.3, 0.4) is 0 Å². The Kier molecular flexibility index (Phi) is 5.91. The molecule has 24 heavy (non-hydrogen) atoms. The predicted octanol–water partition coefficient (Wildman–Crippen LogP) is 2.00. The molecule has 2 aliphatic rings. The highest BCUT2D eigenvalue weighted by Crippen LogP contribution is 2.16. The van der Waals surface area contributed by atoms with E-state index in [9.17, 15) is 0 Å². The van der Waals surface area contributed by atoms with Crippen molar-refractivity contribution in [2.45, 2.75) is 45.3 Å². The third-order valence-electron chi connectivity index (χ3n) is 4.73. The number of hydrogen-bond donors (Lipinski definition) is 1. The summed E-state index contributed by atoms with van der Waals surface area (Å²) in [5, 5.41) is 0. The summed E-state index contributed by atoms with van der Waals surface area (Å²) in [6.07, 6.45) is 7.20. The quantitative estimate of drug-likeness (QED) is 0.678. The van der Waals surface area contributed by atoms with E-state index in [1.807, 2.05) is 6.20 Å². The van der Waals surface area contributed by atoms with Crippen LogP contribution in [0.1, 0.15) is 38.2 Å². The van der Waals surface area contributed by atoms with Crippen molar-refractivity contribution in [1.29, 1.82) is 0 Å². The largest absolute Gasteiger partial charge is 0.375 e. The van der Waals surface area contributed by atoms with Crippen LogP contribution in [0.2, 0.25) is 0 Å². The molecule has 2 N–H and O–H groups in total. The van der Waals surface area contributed by atoms with Crippen LogP contribution >= 0.6 is 0 Å². The van der Waals surface area contributed by atoms with Gasteiger partial charge in [-0.1, -0.05) is 18.9 Å². The van der Waals surface area contributed by atoms with E-state index in [-0.39, 0.29) is 6.10 Å². The molecule has 1 aromatic heterocycles. The molecule has 2 fully saturated rings. The second-order valence-corrected chi connectivity index (χ2v) is 6.73. The van der Waals surface area contributed by atoms with E-state index in [1.165, 1.54) is 25.7 Å². The molecule has 3 rings (SSSR count). The van der Waals surface area contributed by atoms with Gasteiger partial charge in [0.2, 0.25) is 0 Å². The molecule has 0 amide bonds. The van der Waals surface area contributed by atoms with Crippen LogP contribution < -0.4 is 10.6 Å². The maximum Gasteiger partial charge on any atom is 0.191 e. The molecule has 0 aliphatic carbocycles. The number of aromatic nitrogens is 1. The molecule has 1 unspecified atom stereocenters. The number of anilines is 1. The van der Waals surface area contributed by atoms with Gasteiger partial charge in [0, 0.05) is 32.4 Å². The van der Waals surface area contributed by atoms with Crippen LogP contribution in [0.5, 0.6) is 0 Å². The second kappa shape index (κ2) is 8.33. The highest BCUT2D eigenvalue weighted by atomic mass is 16.5. The minimum Gasteiger partial charge on any atom is -0.375 e. The molecular weight excluding hydrogens is 302 g/mol. The highest BCUT2D eigenvalue weighted by Gasteiger charge is 2.17. The fraction of sp³-hybridized carbons (Fsp3) is 0.667. The molecule has 6 heteroatoms. The van der Waals surface area contributed by atoms with Crippen molar-refractivity contribution < 1.29 is 4.74 Å². The van der Waals surface area contributed by atoms with Crippen molar-refractivity contribution in [1.82, 2.24) is 9.88 Å². The lowest BCUT2D eigenvalue weighted by Crippen LogP contribution is -2.41. The summed E-state index contributed by atoms with van der Waals surface area (Å²) in [4.78, 5) is 13.6. The first-order valence-electron chi connectivity index (χ1n) is 9.09. The molecule has 0 aromatic carbocycles. The number of nitrogens with zero attached hydrogens (tertiary/aromatic N) is 4. The number of nitrogens with two attached hydrogens (primary N) is 1. The van der Waals surface area contributed by atoms with Gasteiger partial charge in [-0.2, -0.15) is 0 Å². The Labute approximate surface area is 144 Å². The first-order chi connectivity index (χ1) is 11.7. The van der Waals surface area contributed by atoms with Crippen molar-refractivity contribution in [3.63, 3.8) is 0 Å². The lowest BCUT2D eigenvalue weighted by Gasteiger charge is -2.32. The molecule has 2 aliphatic heterocycles. The van der Waals surface area contributed by atoms with Gasteiger partial charge in [-0.15, -0.1) is 0 Å². The second-order valence-electron chi connectivity index (χ2n) is 6.73. The number of rotatable bonds is 3. The average Bonchev–Trinajstić information content (AvgIpc) is 2.89.